The second kappa shape index (κ2) is 5.48. The lowest BCUT2D eigenvalue weighted by molar-refractivity contribution is 0.221. The van der Waals surface area contributed by atoms with Crippen molar-refractivity contribution in [2.24, 2.45) is 0 Å². The molecular formula is C17H16O. The number of aliphatic hydroxyl groups excluding tert-OH is 1. The number of aliphatic hydroxyl groups is 1. The third kappa shape index (κ3) is 2.58. The van der Waals surface area contributed by atoms with E-state index in [0.29, 0.717) is 5.57 Å². The van der Waals surface area contributed by atoms with Gasteiger partial charge in [0.2, 0.25) is 0 Å². The van der Waals surface area contributed by atoms with Crippen molar-refractivity contribution in [3.63, 3.8) is 0 Å². The van der Waals surface area contributed by atoms with Crippen molar-refractivity contribution >= 4 is 5.57 Å². The molecule has 90 valence electrons. The molecule has 1 nitrogen and oxygen atoms in total. The first-order valence-corrected chi connectivity index (χ1v) is 5.86. The van der Waals surface area contributed by atoms with E-state index in [1.165, 1.54) is 0 Å². The zero-order valence-electron chi connectivity index (χ0n) is 10.2. The molecule has 0 saturated carbocycles. The molecule has 1 heteroatoms. The Labute approximate surface area is 108 Å². The molecule has 0 aliphatic heterocycles. The van der Waals surface area contributed by atoms with Gasteiger partial charge < -0.3 is 5.11 Å². The molecule has 0 heterocycles. The molecule has 1 N–H and O–H groups in total. The molecule has 0 bridgehead atoms. The molecule has 0 aliphatic carbocycles. The Morgan fingerprint density at radius 3 is 1.89 bits per heavy atom. The van der Waals surface area contributed by atoms with Gasteiger partial charge in [0.1, 0.15) is 6.10 Å². The first-order chi connectivity index (χ1) is 8.70. The van der Waals surface area contributed by atoms with Crippen LogP contribution >= 0.6 is 0 Å². The van der Waals surface area contributed by atoms with Gasteiger partial charge in [-0.05, 0) is 22.3 Å². The summed E-state index contributed by atoms with van der Waals surface area (Å²) in [5.41, 5.74) is 3.22. The van der Waals surface area contributed by atoms with Gasteiger partial charge in [-0.1, -0.05) is 73.8 Å². The Hall–Kier alpha value is -2.12. The number of hydrogen-bond acceptors (Lipinski definition) is 1. The van der Waals surface area contributed by atoms with Crippen LogP contribution in [0.5, 0.6) is 0 Å². The molecule has 1 unspecified atom stereocenters. The molecular weight excluding hydrogens is 220 g/mol. The van der Waals surface area contributed by atoms with Crippen molar-refractivity contribution in [3.8, 4) is 0 Å². The average Bonchev–Trinajstić information content (AvgIpc) is 2.47. The van der Waals surface area contributed by atoms with E-state index in [-0.39, 0.29) is 0 Å². The lowest BCUT2D eigenvalue weighted by Gasteiger charge is -2.16. The van der Waals surface area contributed by atoms with E-state index >= 15 is 0 Å². The normalized spacial score (nSPS) is 11.8. The van der Waals surface area contributed by atoms with E-state index in [1.54, 1.807) is 0 Å². The fourth-order valence-corrected chi connectivity index (χ4v) is 1.83. The molecule has 2 aromatic rings. The highest BCUT2D eigenvalue weighted by Crippen LogP contribution is 2.30. The molecule has 2 rings (SSSR count). The van der Waals surface area contributed by atoms with Crippen LogP contribution in [0.4, 0.5) is 0 Å². The smallest absolute Gasteiger partial charge is 0.104 e. The fraction of sp³-hybridized carbons (Fsp3) is 0.0588. The van der Waals surface area contributed by atoms with E-state index in [9.17, 15) is 5.11 Å². The maximum atomic E-state index is 10.3. The van der Waals surface area contributed by atoms with Crippen LogP contribution in [0.25, 0.3) is 5.57 Å². The topological polar surface area (TPSA) is 20.2 Å². The summed E-state index contributed by atoms with van der Waals surface area (Å²) in [5.74, 6) is 0. The number of hydrogen-bond donors (Lipinski definition) is 1. The zero-order chi connectivity index (χ0) is 13.0. The van der Waals surface area contributed by atoms with Crippen LogP contribution in [0.1, 0.15) is 17.2 Å². The number of rotatable bonds is 4. The molecule has 2 aromatic carbocycles. The fourth-order valence-electron chi connectivity index (χ4n) is 1.83. The third-order valence-electron chi connectivity index (χ3n) is 2.96. The highest BCUT2D eigenvalue weighted by molar-refractivity contribution is 5.77. The highest BCUT2D eigenvalue weighted by Gasteiger charge is 2.14. The molecule has 0 aliphatic rings. The average molecular weight is 236 g/mol. The predicted molar refractivity (Wildman–Crippen MR) is 76.0 cm³/mol. The largest absolute Gasteiger partial charge is 0.384 e. The number of benzene rings is 2. The minimum absolute atomic E-state index is 0.632. The summed E-state index contributed by atoms with van der Waals surface area (Å²) >= 11 is 0. The Bertz CT molecular complexity index is 540. The molecule has 1 atom stereocenters. The predicted octanol–water partition coefficient (Wildman–Crippen LogP) is 3.99. The summed E-state index contributed by atoms with van der Waals surface area (Å²) in [5, 5.41) is 10.3. The minimum Gasteiger partial charge on any atom is -0.384 e. The minimum atomic E-state index is -0.709. The lowest BCUT2D eigenvalue weighted by atomic mass is 9.93. The van der Waals surface area contributed by atoms with Crippen molar-refractivity contribution in [1.82, 2.24) is 0 Å². The summed E-state index contributed by atoms with van der Waals surface area (Å²) in [6.45, 7) is 7.97. The third-order valence-corrected chi connectivity index (χ3v) is 2.96. The first kappa shape index (κ1) is 12.3. The van der Waals surface area contributed by atoms with E-state index < -0.39 is 6.10 Å². The van der Waals surface area contributed by atoms with Crippen molar-refractivity contribution < 1.29 is 5.11 Å². The molecule has 0 fully saturated rings. The van der Waals surface area contributed by atoms with Crippen LogP contribution in [0.3, 0.4) is 0 Å². The quantitative estimate of drug-likeness (QED) is 0.796. The second-order valence-electron chi connectivity index (χ2n) is 4.18. The van der Waals surface area contributed by atoms with Crippen LogP contribution < -0.4 is 0 Å². The molecule has 0 saturated heterocycles. The van der Waals surface area contributed by atoms with Crippen LogP contribution in [0.2, 0.25) is 0 Å². The van der Waals surface area contributed by atoms with Gasteiger partial charge in [-0.2, -0.15) is 0 Å². The highest BCUT2D eigenvalue weighted by atomic mass is 16.3. The van der Waals surface area contributed by atoms with E-state index in [0.717, 1.165) is 16.7 Å². The molecule has 0 spiro atoms. The zero-order valence-corrected chi connectivity index (χ0v) is 10.2. The van der Waals surface area contributed by atoms with Gasteiger partial charge in [-0.3, -0.25) is 0 Å². The Kier molecular flexibility index (Phi) is 3.75. The van der Waals surface area contributed by atoms with Crippen molar-refractivity contribution in [3.05, 3.63) is 90.5 Å². The monoisotopic (exact) mass is 236 g/mol. The molecule has 0 aromatic heterocycles. The van der Waals surface area contributed by atoms with Crippen LogP contribution in [0.15, 0.2) is 79.4 Å². The first-order valence-electron chi connectivity index (χ1n) is 5.86. The van der Waals surface area contributed by atoms with E-state index in [1.807, 2.05) is 60.7 Å². The van der Waals surface area contributed by atoms with Gasteiger partial charge in [0.05, 0.1) is 0 Å². The van der Waals surface area contributed by atoms with Gasteiger partial charge >= 0.3 is 0 Å². The summed E-state index contributed by atoms with van der Waals surface area (Å²) in [4.78, 5) is 0. The SMILES string of the molecule is C=C(C(=C)C(O)c1ccccc1)c1ccccc1. The Morgan fingerprint density at radius 1 is 0.833 bits per heavy atom. The Morgan fingerprint density at radius 2 is 1.33 bits per heavy atom. The Balaban J connectivity index is 2.20. The van der Waals surface area contributed by atoms with Crippen molar-refractivity contribution in [2.75, 3.05) is 0 Å². The molecule has 18 heavy (non-hydrogen) atoms. The standard InChI is InChI=1S/C17H16O/c1-13(15-9-5-3-6-10-15)14(2)17(18)16-11-7-4-8-12-16/h3-12,17-18H,1-2H2. The van der Waals surface area contributed by atoms with Crippen molar-refractivity contribution in [1.29, 1.82) is 0 Å². The molecule has 0 radical (unpaired) electrons. The van der Waals surface area contributed by atoms with Gasteiger partial charge in [0.15, 0.2) is 0 Å². The molecule has 0 amide bonds. The van der Waals surface area contributed by atoms with E-state index in [4.69, 9.17) is 0 Å². The summed E-state index contributed by atoms with van der Waals surface area (Å²) in [6, 6.07) is 19.3. The second-order valence-corrected chi connectivity index (χ2v) is 4.18. The van der Waals surface area contributed by atoms with Crippen LogP contribution in [-0.4, -0.2) is 5.11 Å². The summed E-state index contributed by atoms with van der Waals surface area (Å²) in [7, 11) is 0. The summed E-state index contributed by atoms with van der Waals surface area (Å²) < 4.78 is 0. The van der Waals surface area contributed by atoms with Gasteiger partial charge in [0, 0.05) is 0 Å². The van der Waals surface area contributed by atoms with E-state index in [2.05, 4.69) is 13.2 Å². The van der Waals surface area contributed by atoms with Gasteiger partial charge in [-0.25, -0.2) is 0 Å². The maximum absolute atomic E-state index is 10.3. The lowest BCUT2D eigenvalue weighted by Crippen LogP contribution is -2.02. The van der Waals surface area contributed by atoms with Gasteiger partial charge in [0.25, 0.3) is 0 Å². The van der Waals surface area contributed by atoms with Crippen LogP contribution in [0, 0.1) is 0 Å². The van der Waals surface area contributed by atoms with Crippen LogP contribution in [-0.2, 0) is 0 Å². The van der Waals surface area contributed by atoms with Gasteiger partial charge in [-0.15, -0.1) is 0 Å². The van der Waals surface area contributed by atoms with Crippen molar-refractivity contribution in [2.45, 2.75) is 6.10 Å². The maximum Gasteiger partial charge on any atom is 0.104 e. The summed E-state index contributed by atoms with van der Waals surface area (Å²) in [6.07, 6.45) is -0.709.